The fourth-order valence-electron chi connectivity index (χ4n) is 2.25. The van der Waals surface area contributed by atoms with Gasteiger partial charge in [-0.2, -0.15) is 5.10 Å². The number of carbonyl (C=O) groups excluding carboxylic acids is 1. The Labute approximate surface area is 149 Å². The van der Waals surface area contributed by atoms with E-state index in [-0.39, 0.29) is 11.7 Å². The van der Waals surface area contributed by atoms with Crippen molar-refractivity contribution in [3.8, 4) is 0 Å². The maximum Gasteiger partial charge on any atom is 0.221 e. The molecule has 5 nitrogen and oxygen atoms in total. The number of hydrogen-bond donors (Lipinski definition) is 2. The van der Waals surface area contributed by atoms with Crippen LogP contribution >= 0.6 is 11.8 Å². The normalized spacial score (nSPS) is 15.4. The van der Waals surface area contributed by atoms with Gasteiger partial charge in [-0.15, -0.1) is 0 Å². The summed E-state index contributed by atoms with van der Waals surface area (Å²) in [5.74, 6) is 0.358. The van der Waals surface area contributed by atoms with E-state index in [1.54, 1.807) is 23.9 Å². The van der Waals surface area contributed by atoms with E-state index >= 15 is 0 Å². The lowest BCUT2D eigenvalue weighted by Gasteiger charge is -2.15. The quantitative estimate of drug-likeness (QED) is 0.883. The molecule has 0 spiro atoms. The minimum atomic E-state index is -0.250. The van der Waals surface area contributed by atoms with Gasteiger partial charge in [0.15, 0.2) is 5.17 Å². The van der Waals surface area contributed by atoms with E-state index in [0.717, 1.165) is 27.7 Å². The molecule has 1 aliphatic rings. The Morgan fingerprint density at radius 1 is 1.24 bits per heavy atom. The minimum Gasteiger partial charge on any atom is -0.326 e. The molecule has 1 heterocycles. The second-order valence-corrected chi connectivity index (χ2v) is 6.43. The van der Waals surface area contributed by atoms with Crippen LogP contribution in [0.25, 0.3) is 0 Å². The summed E-state index contributed by atoms with van der Waals surface area (Å²) in [4.78, 5) is 15.5. The SMILES string of the molecule is CC(=O)Nc1ccc(C2=NNC(=NCc3ccc(F)cc3)SC2)cc1. The van der Waals surface area contributed by atoms with Crippen LogP contribution in [0.4, 0.5) is 10.1 Å². The number of aliphatic imine (C=N–C) groups is 1. The molecular weight excluding hydrogens is 339 g/mol. The molecule has 7 heteroatoms. The lowest BCUT2D eigenvalue weighted by Crippen LogP contribution is -2.25. The van der Waals surface area contributed by atoms with E-state index < -0.39 is 0 Å². The molecule has 0 unspecified atom stereocenters. The highest BCUT2D eigenvalue weighted by Gasteiger charge is 2.13. The second-order valence-electron chi connectivity index (χ2n) is 5.47. The lowest BCUT2D eigenvalue weighted by molar-refractivity contribution is -0.114. The number of hydrogen-bond acceptors (Lipinski definition) is 4. The minimum absolute atomic E-state index is 0.0954. The molecule has 2 aromatic carbocycles. The number of amides is 1. The largest absolute Gasteiger partial charge is 0.326 e. The first-order valence-electron chi connectivity index (χ1n) is 7.72. The Morgan fingerprint density at radius 2 is 1.96 bits per heavy atom. The zero-order valence-electron chi connectivity index (χ0n) is 13.6. The first-order valence-corrected chi connectivity index (χ1v) is 8.71. The fraction of sp³-hybridized carbons (Fsp3) is 0.167. The summed E-state index contributed by atoms with van der Waals surface area (Å²) < 4.78 is 12.9. The molecule has 0 fully saturated rings. The van der Waals surface area contributed by atoms with Crippen LogP contribution in [0.3, 0.4) is 0 Å². The van der Waals surface area contributed by atoms with Crippen molar-refractivity contribution in [1.82, 2.24) is 5.43 Å². The molecule has 1 aliphatic heterocycles. The van der Waals surface area contributed by atoms with Gasteiger partial charge in [0.1, 0.15) is 5.82 Å². The van der Waals surface area contributed by atoms with E-state index in [1.807, 2.05) is 24.3 Å². The zero-order chi connectivity index (χ0) is 17.6. The van der Waals surface area contributed by atoms with Crippen LogP contribution in [0.2, 0.25) is 0 Å². The van der Waals surface area contributed by atoms with Crippen molar-refractivity contribution in [3.05, 3.63) is 65.5 Å². The summed E-state index contributed by atoms with van der Waals surface area (Å²) >= 11 is 1.57. The molecule has 0 saturated carbocycles. The molecular formula is C18H17FN4OS. The van der Waals surface area contributed by atoms with Crippen molar-refractivity contribution in [1.29, 1.82) is 0 Å². The van der Waals surface area contributed by atoms with Gasteiger partial charge < -0.3 is 5.32 Å². The number of hydrazone groups is 1. The third-order valence-corrected chi connectivity index (χ3v) is 4.40. The van der Waals surface area contributed by atoms with Crippen molar-refractivity contribution in [2.75, 3.05) is 11.1 Å². The molecule has 0 aliphatic carbocycles. The average Bonchev–Trinajstić information content (AvgIpc) is 2.62. The molecule has 3 rings (SSSR count). The average molecular weight is 356 g/mol. The van der Waals surface area contributed by atoms with Gasteiger partial charge in [0.05, 0.1) is 12.3 Å². The van der Waals surface area contributed by atoms with Crippen LogP contribution in [0.15, 0.2) is 58.6 Å². The Morgan fingerprint density at radius 3 is 2.56 bits per heavy atom. The first kappa shape index (κ1) is 17.2. The maximum atomic E-state index is 12.9. The van der Waals surface area contributed by atoms with Gasteiger partial charge in [-0.25, -0.2) is 4.39 Å². The molecule has 2 N–H and O–H groups in total. The van der Waals surface area contributed by atoms with Gasteiger partial charge >= 0.3 is 0 Å². The summed E-state index contributed by atoms with van der Waals surface area (Å²) in [7, 11) is 0. The second kappa shape index (κ2) is 7.94. The summed E-state index contributed by atoms with van der Waals surface area (Å²) in [5, 5.41) is 7.84. The number of amidine groups is 1. The molecule has 128 valence electrons. The van der Waals surface area contributed by atoms with Crippen LogP contribution in [0.1, 0.15) is 18.1 Å². The lowest BCUT2D eigenvalue weighted by atomic mass is 10.1. The monoisotopic (exact) mass is 356 g/mol. The molecule has 0 radical (unpaired) electrons. The summed E-state index contributed by atoms with van der Waals surface area (Å²) in [6.45, 7) is 1.96. The third-order valence-electron chi connectivity index (χ3n) is 3.49. The van der Waals surface area contributed by atoms with Gasteiger partial charge in [0.25, 0.3) is 0 Å². The summed E-state index contributed by atoms with van der Waals surface area (Å²) in [6, 6.07) is 13.8. The van der Waals surface area contributed by atoms with E-state index in [9.17, 15) is 9.18 Å². The van der Waals surface area contributed by atoms with Gasteiger partial charge in [0.2, 0.25) is 5.91 Å². The van der Waals surface area contributed by atoms with E-state index in [0.29, 0.717) is 12.3 Å². The topological polar surface area (TPSA) is 65.8 Å². The van der Waals surface area contributed by atoms with Crippen LogP contribution < -0.4 is 10.7 Å². The number of nitrogens with one attached hydrogen (secondary N) is 2. The number of thioether (sulfide) groups is 1. The van der Waals surface area contributed by atoms with Crippen LogP contribution in [0.5, 0.6) is 0 Å². The van der Waals surface area contributed by atoms with Crippen molar-refractivity contribution < 1.29 is 9.18 Å². The van der Waals surface area contributed by atoms with Crippen molar-refractivity contribution in [2.24, 2.45) is 10.1 Å². The highest BCUT2D eigenvalue weighted by Crippen LogP contribution is 2.16. The Hall–Kier alpha value is -2.67. The fourth-order valence-corrected chi connectivity index (χ4v) is 3.02. The number of benzene rings is 2. The number of nitrogens with zero attached hydrogens (tertiary/aromatic N) is 2. The van der Waals surface area contributed by atoms with Crippen LogP contribution in [-0.4, -0.2) is 22.5 Å². The Kier molecular flexibility index (Phi) is 5.45. The highest BCUT2D eigenvalue weighted by molar-refractivity contribution is 8.14. The van der Waals surface area contributed by atoms with Crippen molar-refractivity contribution >= 4 is 34.2 Å². The summed E-state index contributed by atoms with van der Waals surface area (Å²) in [5.41, 5.74) is 6.57. The number of carbonyl (C=O) groups is 1. The molecule has 0 saturated heterocycles. The number of anilines is 1. The van der Waals surface area contributed by atoms with Crippen LogP contribution in [0, 0.1) is 5.82 Å². The Balaban J connectivity index is 1.60. The molecule has 0 atom stereocenters. The third kappa shape index (κ3) is 4.90. The van der Waals surface area contributed by atoms with Crippen LogP contribution in [-0.2, 0) is 11.3 Å². The smallest absolute Gasteiger partial charge is 0.221 e. The number of halogens is 1. The van der Waals surface area contributed by atoms with Gasteiger partial charge in [0, 0.05) is 18.4 Å². The Bertz CT molecular complexity index is 816. The van der Waals surface area contributed by atoms with Crippen molar-refractivity contribution in [2.45, 2.75) is 13.5 Å². The summed E-state index contributed by atoms with van der Waals surface area (Å²) in [6.07, 6.45) is 0. The van der Waals surface area contributed by atoms with Crippen molar-refractivity contribution in [3.63, 3.8) is 0 Å². The number of rotatable bonds is 4. The predicted octanol–water partition coefficient (Wildman–Crippen LogP) is 3.38. The van der Waals surface area contributed by atoms with Gasteiger partial charge in [-0.05, 0) is 35.4 Å². The van der Waals surface area contributed by atoms with E-state index in [4.69, 9.17) is 0 Å². The molecule has 2 aromatic rings. The maximum absolute atomic E-state index is 12.9. The molecule has 25 heavy (non-hydrogen) atoms. The first-order chi connectivity index (χ1) is 12.1. The molecule has 0 bridgehead atoms. The zero-order valence-corrected chi connectivity index (χ0v) is 14.4. The van der Waals surface area contributed by atoms with Gasteiger partial charge in [-0.3, -0.25) is 15.2 Å². The predicted molar refractivity (Wildman–Crippen MR) is 100 cm³/mol. The van der Waals surface area contributed by atoms with Gasteiger partial charge in [-0.1, -0.05) is 36.0 Å². The molecule has 0 aromatic heterocycles. The molecule has 1 amide bonds. The highest BCUT2D eigenvalue weighted by atomic mass is 32.2. The standard InChI is InChI=1S/C18H17FN4OS/c1-12(24)21-16-8-4-14(5-9-16)17-11-25-18(23-22-17)20-10-13-2-6-15(19)7-3-13/h2-9H,10-11H2,1H3,(H,20,23)(H,21,24). The van der Waals surface area contributed by atoms with E-state index in [1.165, 1.54) is 19.1 Å². The van der Waals surface area contributed by atoms with E-state index in [2.05, 4.69) is 20.8 Å².